The minimum Gasteiger partial charge on any atom is -0.379 e. The molecule has 0 aliphatic rings. The van der Waals surface area contributed by atoms with Gasteiger partial charge in [-0.25, -0.2) is 5.11 Å². The molecule has 0 aromatic heterocycles. The van der Waals surface area contributed by atoms with E-state index >= 15 is 0 Å². The van der Waals surface area contributed by atoms with Gasteiger partial charge in [-0.1, -0.05) is 13.3 Å². The molecule has 0 saturated heterocycles. The molecule has 0 aliphatic heterocycles. The first-order chi connectivity index (χ1) is 6.41. The van der Waals surface area contributed by atoms with E-state index in [2.05, 4.69) is 6.92 Å². The van der Waals surface area contributed by atoms with E-state index in [0.717, 1.165) is 25.9 Å². The molecule has 2 radical (unpaired) electrons. The molecule has 0 aromatic carbocycles. The first-order valence-electron chi connectivity index (χ1n) is 4.94. The summed E-state index contributed by atoms with van der Waals surface area (Å²) in [7, 11) is 0. The second-order valence-corrected chi connectivity index (χ2v) is 2.84. The van der Waals surface area contributed by atoms with Crippen molar-refractivity contribution in [1.29, 1.82) is 0 Å². The smallest absolute Gasteiger partial charge is 0.0823 e. The fourth-order valence-electron chi connectivity index (χ4n) is 0.832. The molecule has 0 fully saturated rings. The molecule has 3 heteroatoms. The summed E-state index contributed by atoms with van der Waals surface area (Å²) in [5.74, 6) is 0. The van der Waals surface area contributed by atoms with Gasteiger partial charge in [0.25, 0.3) is 0 Å². The molecule has 13 heavy (non-hydrogen) atoms. The molecule has 0 unspecified atom stereocenters. The molecule has 0 N–H and O–H groups in total. The van der Waals surface area contributed by atoms with Crippen molar-refractivity contribution in [1.82, 2.24) is 0 Å². The Kier molecular flexibility index (Phi) is 11.8. The van der Waals surface area contributed by atoms with Crippen LogP contribution in [0.1, 0.15) is 25.7 Å². The maximum atomic E-state index is 10.1. The lowest BCUT2D eigenvalue weighted by atomic mass is 10.3. The van der Waals surface area contributed by atoms with Crippen LogP contribution in [0.4, 0.5) is 0 Å². The first kappa shape index (κ1) is 12.9. The van der Waals surface area contributed by atoms with E-state index < -0.39 is 0 Å². The summed E-state index contributed by atoms with van der Waals surface area (Å²) in [6.07, 6.45) is 3.51. The topological polar surface area (TPSA) is 38.4 Å². The van der Waals surface area contributed by atoms with Crippen molar-refractivity contribution < 1.29 is 14.6 Å². The van der Waals surface area contributed by atoms with Crippen LogP contribution in [0.2, 0.25) is 0 Å². The van der Waals surface area contributed by atoms with E-state index in [1.807, 2.05) is 0 Å². The number of rotatable bonds is 10. The van der Waals surface area contributed by atoms with Crippen LogP contribution in [-0.4, -0.2) is 33.0 Å². The molecule has 0 rings (SSSR count). The summed E-state index contributed by atoms with van der Waals surface area (Å²) in [5.41, 5.74) is 0. The molecule has 78 valence electrons. The standard InChI is InChI=1S/C10H20O3/c1-2-3-7-12-9-10-13-8-5-4-6-11/h1-10H2. The van der Waals surface area contributed by atoms with Crippen molar-refractivity contribution in [2.24, 2.45) is 0 Å². The van der Waals surface area contributed by atoms with Crippen molar-refractivity contribution >= 4 is 0 Å². The van der Waals surface area contributed by atoms with Gasteiger partial charge in [0.2, 0.25) is 0 Å². The third kappa shape index (κ3) is 11.9. The number of hydrogen-bond acceptors (Lipinski definition) is 2. The predicted octanol–water partition coefficient (Wildman–Crippen LogP) is 1.84. The highest BCUT2D eigenvalue weighted by Gasteiger charge is 1.90. The average molecular weight is 188 g/mol. The highest BCUT2D eigenvalue weighted by atomic mass is 16.5. The predicted molar refractivity (Wildman–Crippen MR) is 51.0 cm³/mol. The molecule has 0 aliphatic carbocycles. The highest BCUT2D eigenvalue weighted by Crippen LogP contribution is 1.90. The van der Waals surface area contributed by atoms with Crippen LogP contribution in [-0.2, 0) is 14.6 Å². The number of ether oxygens (including phenoxy) is 2. The monoisotopic (exact) mass is 188 g/mol. The zero-order chi connectivity index (χ0) is 9.78. The molecule has 0 spiro atoms. The van der Waals surface area contributed by atoms with Crippen LogP contribution >= 0.6 is 0 Å². The molecule has 0 amide bonds. The van der Waals surface area contributed by atoms with Crippen LogP contribution in [0.3, 0.4) is 0 Å². The van der Waals surface area contributed by atoms with Crippen molar-refractivity contribution in [2.75, 3.05) is 33.0 Å². The second-order valence-electron chi connectivity index (χ2n) is 2.84. The lowest BCUT2D eigenvalue weighted by molar-refractivity contribution is 0.0435. The molecular formula is C10H20O3. The molecule has 0 saturated carbocycles. The summed E-state index contributed by atoms with van der Waals surface area (Å²) < 4.78 is 10.5. The van der Waals surface area contributed by atoms with Crippen LogP contribution in [0.15, 0.2) is 0 Å². The fraction of sp³-hybridized carbons (Fsp3) is 0.900. The molecular weight excluding hydrogens is 168 g/mol. The minimum atomic E-state index is 0.00333. The van der Waals surface area contributed by atoms with Crippen LogP contribution in [0.5, 0.6) is 0 Å². The first-order valence-corrected chi connectivity index (χ1v) is 4.94. The van der Waals surface area contributed by atoms with Gasteiger partial charge in [-0.2, -0.15) is 0 Å². The molecule has 0 atom stereocenters. The van der Waals surface area contributed by atoms with E-state index in [-0.39, 0.29) is 6.61 Å². The summed E-state index contributed by atoms with van der Waals surface area (Å²) >= 11 is 0. The summed E-state index contributed by atoms with van der Waals surface area (Å²) in [6, 6.07) is 0. The lowest BCUT2D eigenvalue weighted by Crippen LogP contribution is -2.06. The highest BCUT2D eigenvalue weighted by molar-refractivity contribution is 4.40. The van der Waals surface area contributed by atoms with Gasteiger partial charge in [0, 0.05) is 13.2 Å². The van der Waals surface area contributed by atoms with Crippen molar-refractivity contribution in [3.05, 3.63) is 6.92 Å². The Hall–Kier alpha value is -0.120. The summed E-state index contributed by atoms with van der Waals surface area (Å²) in [6.45, 7) is 6.45. The lowest BCUT2D eigenvalue weighted by Gasteiger charge is -2.04. The third-order valence-electron chi connectivity index (χ3n) is 1.59. The SMILES string of the molecule is [CH2]CCCOCCOCCCC[O]. The van der Waals surface area contributed by atoms with Crippen molar-refractivity contribution in [2.45, 2.75) is 25.7 Å². The van der Waals surface area contributed by atoms with Crippen LogP contribution < -0.4 is 0 Å². The second kappa shape index (κ2) is 11.9. The summed E-state index contributed by atoms with van der Waals surface area (Å²) in [4.78, 5) is 0. The third-order valence-corrected chi connectivity index (χ3v) is 1.59. The van der Waals surface area contributed by atoms with E-state index in [1.165, 1.54) is 0 Å². The Balaban J connectivity index is 2.76. The van der Waals surface area contributed by atoms with Gasteiger partial charge in [-0.05, 0) is 19.3 Å². The van der Waals surface area contributed by atoms with E-state index in [4.69, 9.17) is 9.47 Å². The van der Waals surface area contributed by atoms with E-state index in [0.29, 0.717) is 26.2 Å². The molecule has 0 aromatic rings. The minimum absolute atomic E-state index is 0.00333. The zero-order valence-corrected chi connectivity index (χ0v) is 8.30. The van der Waals surface area contributed by atoms with Gasteiger partial charge >= 0.3 is 0 Å². The quantitative estimate of drug-likeness (QED) is 0.491. The molecule has 0 bridgehead atoms. The van der Waals surface area contributed by atoms with E-state index in [9.17, 15) is 5.11 Å². The van der Waals surface area contributed by atoms with Gasteiger partial charge < -0.3 is 9.47 Å². The molecule has 0 heterocycles. The Labute approximate surface area is 81.0 Å². The van der Waals surface area contributed by atoms with Crippen LogP contribution in [0, 0.1) is 6.92 Å². The van der Waals surface area contributed by atoms with Gasteiger partial charge in [0.15, 0.2) is 0 Å². The fourth-order valence-corrected chi connectivity index (χ4v) is 0.832. The largest absolute Gasteiger partial charge is 0.379 e. The Morgan fingerprint density at radius 2 is 1.46 bits per heavy atom. The number of unbranched alkanes of at least 4 members (excludes halogenated alkanes) is 2. The Morgan fingerprint density at radius 1 is 0.846 bits per heavy atom. The normalized spacial score (nSPS) is 10.6. The van der Waals surface area contributed by atoms with Gasteiger partial charge in [0.05, 0.1) is 19.8 Å². The Morgan fingerprint density at radius 3 is 2.00 bits per heavy atom. The Bertz CT molecular complexity index is 76.2. The maximum Gasteiger partial charge on any atom is 0.0823 e. The number of hydrogen-bond donors (Lipinski definition) is 0. The van der Waals surface area contributed by atoms with Crippen molar-refractivity contribution in [3.63, 3.8) is 0 Å². The van der Waals surface area contributed by atoms with Gasteiger partial charge in [-0.15, -0.1) is 0 Å². The zero-order valence-electron chi connectivity index (χ0n) is 8.30. The van der Waals surface area contributed by atoms with Crippen LogP contribution in [0.25, 0.3) is 0 Å². The van der Waals surface area contributed by atoms with Gasteiger partial charge in [-0.3, -0.25) is 0 Å². The average Bonchev–Trinajstić information content (AvgIpc) is 2.16. The maximum absolute atomic E-state index is 10.1. The summed E-state index contributed by atoms with van der Waals surface area (Å²) in [5, 5.41) is 10.1. The van der Waals surface area contributed by atoms with Crippen molar-refractivity contribution in [3.8, 4) is 0 Å². The van der Waals surface area contributed by atoms with Gasteiger partial charge in [0.1, 0.15) is 0 Å². The van der Waals surface area contributed by atoms with E-state index in [1.54, 1.807) is 0 Å². The molecule has 3 nitrogen and oxygen atoms in total.